The van der Waals surface area contributed by atoms with Gasteiger partial charge in [0.2, 0.25) is 0 Å². The highest BCUT2D eigenvalue weighted by Gasteiger charge is 2.27. The predicted molar refractivity (Wildman–Crippen MR) is 72.1 cm³/mol. The van der Waals surface area contributed by atoms with Crippen LogP contribution < -0.4 is 10.2 Å². The first-order valence-electron chi connectivity index (χ1n) is 6.14. The number of nitro benzene ring substituents is 1. The van der Waals surface area contributed by atoms with E-state index in [1.165, 1.54) is 0 Å². The Morgan fingerprint density at radius 1 is 1.44 bits per heavy atom. The Bertz CT molecular complexity index is 471. The maximum absolute atomic E-state index is 10.8. The molecule has 1 aliphatic heterocycles. The van der Waals surface area contributed by atoms with Crippen LogP contribution >= 0.6 is 0 Å². The fourth-order valence-corrected chi connectivity index (χ4v) is 2.40. The number of rotatable bonds is 2. The summed E-state index contributed by atoms with van der Waals surface area (Å²) in [5.74, 6) is 0. The molecule has 2 rings (SSSR count). The third-order valence-electron chi connectivity index (χ3n) is 3.32. The maximum atomic E-state index is 10.8. The standard InChI is InChI=1S/C13H19N3O2/c1-10-4-5-11(16(17)18)8-12(10)15-7-6-14-13(2,3)9-15/h4-5,8,14H,6-7,9H2,1-3H3. The lowest BCUT2D eigenvalue weighted by Gasteiger charge is -2.40. The van der Waals surface area contributed by atoms with E-state index >= 15 is 0 Å². The minimum atomic E-state index is -0.337. The van der Waals surface area contributed by atoms with Gasteiger partial charge in [0, 0.05) is 43.0 Å². The van der Waals surface area contributed by atoms with Crippen molar-refractivity contribution in [2.45, 2.75) is 26.3 Å². The van der Waals surface area contributed by atoms with Gasteiger partial charge < -0.3 is 10.2 Å². The van der Waals surface area contributed by atoms with E-state index in [2.05, 4.69) is 24.1 Å². The van der Waals surface area contributed by atoms with Gasteiger partial charge in [0.1, 0.15) is 0 Å². The van der Waals surface area contributed by atoms with Gasteiger partial charge in [-0.25, -0.2) is 0 Å². The Kier molecular flexibility index (Phi) is 3.26. The average molecular weight is 249 g/mol. The molecule has 1 aliphatic rings. The van der Waals surface area contributed by atoms with Crippen molar-refractivity contribution in [2.75, 3.05) is 24.5 Å². The van der Waals surface area contributed by atoms with Crippen LogP contribution in [0.5, 0.6) is 0 Å². The molecule has 18 heavy (non-hydrogen) atoms. The summed E-state index contributed by atoms with van der Waals surface area (Å²) in [6, 6.07) is 5.06. The van der Waals surface area contributed by atoms with Crippen molar-refractivity contribution in [3.63, 3.8) is 0 Å². The van der Waals surface area contributed by atoms with Gasteiger partial charge in [0.25, 0.3) is 5.69 Å². The van der Waals surface area contributed by atoms with Crippen molar-refractivity contribution in [3.8, 4) is 0 Å². The highest BCUT2D eigenvalue weighted by Crippen LogP contribution is 2.27. The van der Waals surface area contributed by atoms with Gasteiger partial charge in [-0.3, -0.25) is 10.1 Å². The van der Waals surface area contributed by atoms with Gasteiger partial charge in [-0.2, -0.15) is 0 Å². The monoisotopic (exact) mass is 249 g/mol. The van der Waals surface area contributed by atoms with Crippen molar-refractivity contribution in [2.24, 2.45) is 0 Å². The fourth-order valence-electron chi connectivity index (χ4n) is 2.40. The molecule has 1 N–H and O–H groups in total. The predicted octanol–water partition coefficient (Wildman–Crippen LogP) is 2.09. The zero-order chi connectivity index (χ0) is 13.3. The van der Waals surface area contributed by atoms with E-state index in [0.29, 0.717) is 0 Å². The summed E-state index contributed by atoms with van der Waals surface area (Å²) < 4.78 is 0. The van der Waals surface area contributed by atoms with E-state index in [1.807, 2.05) is 13.0 Å². The lowest BCUT2D eigenvalue weighted by Crippen LogP contribution is -2.57. The van der Waals surface area contributed by atoms with Crippen LogP contribution in [0.3, 0.4) is 0 Å². The Morgan fingerprint density at radius 2 is 2.17 bits per heavy atom. The lowest BCUT2D eigenvalue weighted by molar-refractivity contribution is -0.384. The van der Waals surface area contributed by atoms with Crippen LogP contribution in [0.4, 0.5) is 11.4 Å². The van der Waals surface area contributed by atoms with E-state index in [0.717, 1.165) is 30.9 Å². The van der Waals surface area contributed by atoms with Gasteiger partial charge in [-0.15, -0.1) is 0 Å². The molecule has 0 radical (unpaired) electrons. The number of nitro groups is 1. The van der Waals surface area contributed by atoms with Crippen molar-refractivity contribution >= 4 is 11.4 Å². The molecule has 0 bridgehead atoms. The number of hydrogen-bond acceptors (Lipinski definition) is 4. The molecule has 1 fully saturated rings. The SMILES string of the molecule is Cc1ccc([N+](=O)[O-])cc1N1CCNC(C)(C)C1. The average Bonchev–Trinajstić information content (AvgIpc) is 2.27. The molecular formula is C13H19N3O2. The molecule has 0 atom stereocenters. The number of hydrogen-bond donors (Lipinski definition) is 1. The molecule has 0 saturated carbocycles. The van der Waals surface area contributed by atoms with Crippen molar-refractivity contribution < 1.29 is 4.92 Å². The first-order valence-corrected chi connectivity index (χ1v) is 6.14. The van der Waals surface area contributed by atoms with Crippen LogP contribution in [-0.2, 0) is 0 Å². The van der Waals surface area contributed by atoms with Crippen LogP contribution in [0.1, 0.15) is 19.4 Å². The number of nitrogens with one attached hydrogen (secondary N) is 1. The van der Waals surface area contributed by atoms with Gasteiger partial charge in [0.05, 0.1) is 4.92 Å². The second-order valence-corrected chi connectivity index (χ2v) is 5.46. The van der Waals surface area contributed by atoms with E-state index in [9.17, 15) is 10.1 Å². The summed E-state index contributed by atoms with van der Waals surface area (Å²) in [4.78, 5) is 12.7. The molecular weight excluding hydrogens is 230 g/mol. The second-order valence-electron chi connectivity index (χ2n) is 5.46. The highest BCUT2D eigenvalue weighted by molar-refractivity contribution is 5.59. The van der Waals surface area contributed by atoms with Crippen molar-refractivity contribution in [3.05, 3.63) is 33.9 Å². The van der Waals surface area contributed by atoms with Crippen LogP contribution in [0, 0.1) is 17.0 Å². The Morgan fingerprint density at radius 3 is 2.78 bits per heavy atom. The Labute approximate surface area is 107 Å². The quantitative estimate of drug-likeness (QED) is 0.644. The van der Waals surface area contributed by atoms with Gasteiger partial charge in [0.15, 0.2) is 0 Å². The van der Waals surface area contributed by atoms with Crippen LogP contribution in [-0.4, -0.2) is 30.1 Å². The summed E-state index contributed by atoms with van der Waals surface area (Å²) in [6.07, 6.45) is 0. The molecule has 0 aliphatic carbocycles. The molecule has 0 unspecified atom stereocenters. The lowest BCUT2D eigenvalue weighted by atomic mass is 10.0. The number of nitrogens with zero attached hydrogens (tertiary/aromatic N) is 2. The summed E-state index contributed by atoms with van der Waals surface area (Å²) in [5.41, 5.74) is 2.25. The minimum Gasteiger partial charge on any atom is -0.368 e. The van der Waals surface area contributed by atoms with Crippen LogP contribution in [0.25, 0.3) is 0 Å². The summed E-state index contributed by atoms with van der Waals surface area (Å²) in [6.45, 7) is 8.92. The summed E-state index contributed by atoms with van der Waals surface area (Å²) in [5, 5.41) is 14.3. The molecule has 1 aromatic rings. The largest absolute Gasteiger partial charge is 0.368 e. The van der Waals surface area contributed by atoms with Crippen molar-refractivity contribution in [1.82, 2.24) is 5.32 Å². The summed E-state index contributed by atoms with van der Waals surface area (Å²) >= 11 is 0. The number of benzene rings is 1. The molecule has 98 valence electrons. The summed E-state index contributed by atoms with van der Waals surface area (Å²) in [7, 11) is 0. The molecule has 0 spiro atoms. The number of aryl methyl sites for hydroxylation is 1. The molecule has 0 amide bonds. The smallest absolute Gasteiger partial charge is 0.271 e. The molecule has 1 saturated heterocycles. The van der Waals surface area contributed by atoms with Crippen LogP contribution in [0.15, 0.2) is 18.2 Å². The molecule has 5 heteroatoms. The number of piperazine rings is 1. The number of anilines is 1. The zero-order valence-electron chi connectivity index (χ0n) is 11.1. The fraction of sp³-hybridized carbons (Fsp3) is 0.538. The van der Waals surface area contributed by atoms with Crippen molar-refractivity contribution in [1.29, 1.82) is 0 Å². The molecule has 1 heterocycles. The van der Waals surface area contributed by atoms with Gasteiger partial charge in [-0.05, 0) is 26.3 Å². The third kappa shape index (κ3) is 2.61. The number of non-ortho nitro benzene ring substituents is 1. The van der Waals surface area contributed by atoms with E-state index in [4.69, 9.17) is 0 Å². The minimum absolute atomic E-state index is 0.0370. The molecule has 0 aromatic heterocycles. The molecule has 5 nitrogen and oxygen atoms in total. The van der Waals surface area contributed by atoms with E-state index < -0.39 is 0 Å². The van der Waals surface area contributed by atoms with E-state index in [1.54, 1.807) is 12.1 Å². The Hall–Kier alpha value is -1.62. The second kappa shape index (κ2) is 4.57. The molecule has 1 aromatic carbocycles. The first-order chi connectivity index (χ1) is 8.39. The van der Waals surface area contributed by atoms with Crippen LogP contribution in [0.2, 0.25) is 0 Å². The van der Waals surface area contributed by atoms with E-state index in [-0.39, 0.29) is 16.1 Å². The zero-order valence-corrected chi connectivity index (χ0v) is 11.1. The van der Waals surface area contributed by atoms with Gasteiger partial charge >= 0.3 is 0 Å². The Balaban J connectivity index is 2.32. The topological polar surface area (TPSA) is 58.4 Å². The normalized spacial score (nSPS) is 18.7. The highest BCUT2D eigenvalue weighted by atomic mass is 16.6. The van der Waals surface area contributed by atoms with Gasteiger partial charge in [-0.1, -0.05) is 6.07 Å². The third-order valence-corrected chi connectivity index (χ3v) is 3.32. The first kappa shape index (κ1) is 12.8. The maximum Gasteiger partial charge on any atom is 0.271 e.